The first-order valence-electron chi connectivity index (χ1n) is 6.34. The molecule has 2 rings (SSSR count). The summed E-state index contributed by atoms with van der Waals surface area (Å²) in [5.41, 5.74) is 1.48. The highest BCUT2D eigenvalue weighted by atomic mass is 16.5. The summed E-state index contributed by atoms with van der Waals surface area (Å²) in [5, 5.41) is 11.9. The largest absolute Gasteiger partial charge is 0.480 e. The van der Waals surface area contributed by atoms with E-state index in [0.717, 1.165) is 5.69 Å². The van der Waals surface area contributed by atoms with E-state index in [4.69, 9.17) is 4.74 Å². The monoisotopic (exact) mass is 282 g/mol. The number of fused-ring (bicyclic) bond motifs is 1. The Morgan fingerprint density at radius 2 is 2.45 bits per heavy atom. The third-order valence-electron chi connectivity index (χ3n) is 3.39. The normalized spacial score (nSPS) is 19.3. The Bertz CT molecular complexity index is 501. The van der Waals surface area contributed by atoms with E-state index in [-0.39, 0.29) is 19.1 Å². The highest BCUT2D eigenvalue weighted by Gasteiger charge is 2.35. The molecule has 0 saturated carbocycles. The van der Waals surface area contributed by atoms with Crippen LogP contribution in [0.25, 0.3) is 0 Å². The number of aromatic amines is 1. The first-order valence-corrected chi connectivity index (χ1v) is 6.34. The summed E-state index contributed by atoms with van der Waals surface area (Å²) in [6.45, 7) is 2.35. The fraction of sp³-hybridized carbons (Fsp3) is 0.583. The number of carbonyl (C=O) groups is 2. The van der Waals surface area contributed by atoms with Crippen LogP contribution in [0, 0.1) is 0 Å². The summed E-state index contributed by atoms with van der Waals surface area (Å²) in [5.74, 6) is -1.03. The predicted octanol–water partition coefficient (Wildman–Crippen LogP) is -0.0345. The molecule has 20 heavy (non-hydrogen) atoms. The summed E-state index contributed by atoms with van der Waals surface area (Å²) in [6.07, 6.45) is 1.59. The smallest absolute Gasteiger partial charge is 0.326 e. The number of nitrogens with zero attached hydrogens (tertiary/aromatic N) is 2. The lowest BCUT2D eigenvalue weighted by Gasteiger charge is -2.32. The fourth-order valence-corrected chi connectivity index (χ4v) is 2.09. The Labute approximate surface area is 116 Å². The van der Waals surface area contributed by atoms with Gasteiger partial charge < -0.3 is 25.0 Å². The second-order valence-corrected chi connectivity index (χ2v) is 4.75. The zero-order chi connectivity index (χ0) is 14.7. The lowest BCUT2D eigenvalue weighted by atomic mass is 10.0. The van der Waals surface area contributed by atoms with E-state index in [0.29, 0.717) is 12.2 Å². The SMILES string of the molecule is COC(C)CNC(=O)N1Cc2[nH]cnc2CC1C(=O)O. The number of H-pyrrole nitrogens is 1. The van der Waals surface area contributed by atoms with Crippen LogP contribution >= 0.6 is 0 Å². The predicted molar refractivity (Wildman–Crippen MR) is 69.1 cm³/mol. The standard InChI is InChI=1S/C12H18N4O4/c1-7(20-2)4-13-12(19)16-5-9-8(14-6-15-9)3-10(16)11(17)18/h6-7,10H,3-5H2,1-2H3,(H,13,19)(H,14,15)(H,17,18). The highest BCUT2D eigenvalue weighted by molar-refractivity contribution is 5.83. The average molecular weight is 282 g/mol. The molecule has 0 radical (unpaired) electrons. The zero-order valence-electron chi connectivity index (χ0n) is 11.4. The highest BCUT2D eigenvalue weighted by Crippen LogP contribution is 2.20. The number of imidazole rings is 1. The van der Waals surface area contributed by atoms with Gasteiger partial charge in [-0.15, -0.1) is 0 Å². The third-order valence-corrected chi connectivity index (χ3v) is 3.39. The van der Waals surface area contributed by atoms with Gasteiger partial charge in [0.05, 0.1) is 30.4 Å². The van der Waals surface area contributed by atoms with Crippen LogP contribution in [0.2, 0.25) is 0 Å². The van der Waals surface area contributed by atoms with E-state index in [9.17, 15) is 14.7 Å². The molecule has 2 unspecified atom stereocenters. The molecule has 1 aromatic heterocycles. The van der Waals surface area contributed by atoms with Gasteiger partial charge >= 0.3 is 12.0 Å². The van der Waals surface area contributed by atoms with Crippen molar-refractivity contribution in [3.8, 4) is 0 Å². The lowest BCUT2D eigenvalue weighted by molar-refractivity contribution is -0.142. The molecular weight excluding hydrogens is 264 g/mol. The summed E-state index contributed by atoms with van der Waals surface area (Å²) in [6, 6.07) is -1.31. The first kappa shape index (κ1) is 14.3. The maximum atomic E-state index is 12.1. The van der Waals surface area contributed by atoms with Crippen LogP contribution < -0.4 is 5.32 Å². The van der Waals surface area contributed by atoms with Gasteiger partial charge in [-0.3, -0.25) is 0 Å². The average Bonchev–Trinajstić information content (AvgIpc) is 2.89. The first-order chi connectivity index (χ1) is 9.52. The van der Waals surface area contributed by atoms with Crippen LogP contribution in [0.3, 0.4) is 0 Å². The van der Waals surface area contributed by atoms with E-state index in [1.807, 2.05) is 6.92 Å². The van der Waals surface area contributed by atoms with Crippen molar-refractivity contribution in [2.75, 3.05) is 13.7 Å². The van der Waals surface area contributed by atoms with E-state index >= 15 is 0 Å². The second kappa shape index (κ2) is 5.91. The molecule has 2 heterocycles. The fourth-order valence-electron chi connectivity index (χ4n) is 2.09. The number of carboxylic acids is 1. The molecule has 0 bridgehead atoms. The van der Waals surface area contributed by atoms with Crippen molar-refractivity contribution in [1.29, 1.82) is 0 Å². The molecule has 0 fully saturated rings. The Morgan fingerprint density at radius 3 is 3.10 bits per heavy atom. The topological polar surface area (TPSA) is 108 Å². The number of aromatic nitrogens is 2. The maximum Gasteiger partial charge on any atom is 0.326 e. The number of amides is 2. The molecule has 0 aliphatic carbocycles. The van der Waals surface area contributed by atoms with Gasteiger partial charge in [0.2, 0.25) is 0 Å². The van der Waals surface area contributed by atoms with Crippen molar-refractivity contribution in [2.24, 2.45) is 0 Å². The van der Waals surface area contributed by atoms with Gasteiger partial charge in [0, 0.05) is 20.1 Å². The van der Waals surface area contributed by atoms with Gasteiger partial charge in [-0.05, 0) is 6.92 Å². The van der Waals surface area contributed by atoms with Crippen LogP contribution in [0.4, 0.5) is 4.79 Å². The van der Waals surface area contributed by atoms with Crippen molar-refractivity contribution in [3.05, 3.63) is 17.7 Å². The number of carbonyl (C=O) groups excluding carboxylic acids is 1. The molecule has 110 valence electrons. The molecule has 2 atom stereocenters. The molecule has 1 aliphatic rings. The van der Waals surface area contributed by atoms with Crippen LogP contribution in [-0.4, -0.2) is 57.8 Å². The minimum atomic E-state index is -1.03. The summed E-state index contributed by atoms with van der Waals surface area (Å²) in [7, 11) is 1.55. The molecule has 1 aliphatic heterocycles. The van der Waals surface area contributed by atoms with E-state index in [2.05, 4.69) is 15.3 Å². The van der Waals surface area contributed by atoms with E-state index in [1.165, 1.54) is 11.2 Å². The van der Waals surface area contributed by atoms with Crippen molar-refractivity contribution in [1.82, 2.24) is 20.2 Å². The molecule has 0 aromatic carbocycles. The van der Waals surface area contributed by atoms with E-state index in [1.54, 1.807) is 7.11 Å². The Kier molecular flexibility index (Phi) is 4.23. The number of aliphatic carboxylic acids is 1. The summed E-state index contributed by atoms with van der Waals surface area (Å²) < 4.78 is 5.04. The van der Waals surface area contributed by atoms with Crippen LogP contribution in [0.1, 0.15) is 18.3 Å². The Morgan fingerprint density at radius 1 is 1.70 bits per heavy atom. The second-order valence-electron chi connectivity index (χ2n) is 4.75. The van der Waals surface area contributed by atoms with Gasteiger partial charge in [0.1, 0.15) is 6.04 Å². The Balaban J connectivity index is 2.08. The molecule has 0 saturated heterocycles. The number of hydrogen-bond donors (Lipinski definition) is 3. The molecule has 3 N–H and O–H groups in total. The van der Waals surface area contributed by atoms with Gasteiger partial charge in [-0.1, -0.05) is 0 Å². The van der Waals surface area contributed by atoms with Gasteiger partial charge in [0.25, 0.3) is 0 Å². The van der Waals surface area contributed by atoms with Crippen LogP contribution in [-0.2, 0) is 22.5 Å². The number of carboxylic acid groups (broad SMARTS) is 1. The minimum Gasteiger partial charge on any atom is -0.480 e. The lowest BCUT2D eigenvalue weighted by Crippen LogP contribution is -2.53. The molecule has 2 amide bonds. The summed E-state index contributed by atoms with van der Waals surface area (Å²) in [4.78, 5) is 31.7. The van der Waals surface area contributed by atoms with E-state index < -0.39 is 18.0 Å². The number of rotatable bonds is 4. The maximum absolute atomic E-state index is 12.1. The van der Waals surface area contributed by atoms with Gasteiger partial charge in [-0.2, -0.15) is 0 Å². The van der Waals surface area contributed by atoms with Crippen molar-refractivity contribution < 1.29 is 19.4 Å². The number of methoxy groups -OCH3 is 1. The zero-order valence-corrected chi connectivity index (χ0v) is 11.4. The van der Waals surface area contributed by atoms with Crippen LogP contribution in [0.5, 0.6) is 0 Å². The Hall–Kier alpha value is -2.09. The third kappa shape index (κ3) is 2.90. The van der Waals surface area contributed by atoms with Crippen molar-refractivity contribution >= 4 is 12.0 Å². The van der Waals surface area contributed by atoms with Gasteiger partial charge in [-0.25, -0.2) is 14.6 Å². The molecule has 8 heteroatoms. The number of ether oxygens (including phenoxy) is 1. The quantitative estimate of drug-likeness (QED) is 0.718. The van der Waals surface area contributed by atoms with Crippen LogP contribution in [0.15, 0.2) is 6.33 Å². The number of nitrogens with one attached hydrogen (secondary N) is 2. The van der Waals surface area contributed by atoms with Crippen molar-refractivity contribution in [2.45, 2.75) is 32.0 Å². The number of hydrogen-bond acceptors (Lipinski definition) is 4. The van der Waals surface area contributed by atoms with Gasteiger partial charge in [0.15, 0.2) is 0 Å². The number of urea groups is 1. The summed E-state index contributed by atoms with van der Waals surface area (Å²) >= 11 is 0. The molecule has 1 aromatic rings. The molecule has 8 nitrogen and oxygen atoms in total. The van der Waals surface area contributed by atoms with Crippen molar-refractivity contribution in [3.63, 3.8) is 0 Å². The molecule has 0 spiro atoms. The minimum absolute atomic E-state index is 0.130. The molecular formula is C12H18N4O4.